The van der Waals surface area contributed by atoms with Gasteiger partial charge >= 0.3 is 6.16 Å². The molecule has 2 aromatic rings. The fraction of sp³-hybridized carbons (Fsp3) is 0.350. The van der Waals surface area contributed by atoms with Crippen LogP contribution in [0.5, 0.6) is 17.2 Å². The van der Waals surface area contributed by atoms with Crippen LogP contribution in [0.3, 0.4) is 0 Å². The summed E-state index contributed by atoms with van der Waals surface area (Å²) in [5, 5.41) is 22.3. The lowest BCUT2D eigenvalue weighted by molar-refractivity contribution is -0.386. The van der Waals surface area contributed by atoms with E-state index in [1.54, 1.807) is 0 Å². The molecular weight excluding hydrogens is 412 g/mol. The van der Waals surface area contributed by atoms with Gasteiger partial charge in [-0.2, -0.15) is 0 Å². The normalized spacial score (nSPS) is 16.7. The molecule has 2 aliphatic rings. The average Bonchev–Trinajstić information content (AvgIpc) is 3.32. The van der Waals surface area contributed by atoms with Gasteiger partial charge in [-0.25, -0.2) is 4.79 Å². The lowest BCUT2D eigenvalue weighted by Crippen LogP contribution is -2.34. The zero-order valence-corrected chi connectivity index (χ0v) is 16.4. The summed E-state index contributed by atoms with van der Waals surface area (Å²) in [7, 11) is 0. The van der Waals surface area contributed by atoms with Crippen LogP contribution in [0.15, 0.2) is 36.4 Å². The Morgan fingerprint density at radius 2 is 1.65 bits per heavy atom. The van der Waals surface area contributed by atoms with Crippen LogP contribution in [0.25, 0.3) is 0 Å². The first-order chi connectivity index (χ1) is 14.8. The summed E-state index contributed by atoms with van der Waals surface area (Å²) in [5.74, 6) is -0.0980. The van der Waals surface area contributed by atoms with Crippen LogP contribution in [-0.4, -0.2) is 21.8 Å². The number of nitrogens with zero attached hydrogens (tertiary/aromatic N) is 2. The average molecular weight is 430 g/mol. The Bertz CT molecular complexity index is 1050. The van der Waals surface area contributed by atoms with Crippen molar-refractivity contribution in [3.8, 4) is 17.2 Å². The lowest BCUT2D eigenvalue weighted by Gasteiger charge is -2.21. The molecule has 2 aromatic carbocycles. The Kier molecular flexibility index (Phi) is 5.09. The number of ether oxygens (including phenoxy) is 4. The van der Waals surface area contributed by atoms with E-state index in [1.165, 1.54) is 43.3 Å². The minimum absolute atomic E-state index is 0.0335. The molecule has 1 atom stereocenters. The first-order valence-corrected chi connectivity index (χ1v) is 9.60. The Morgan fingerprint density at radius 1 is 1.03 bits per heavy atom. The van der Waals surface area contributed by atoms with E-state index in [0.29, 0.717) is 18.6 Å². The van der Waals surface area contributed by atoms with Gasteiger partial charge in [-0.3, -0.25) is 20.2 Å². The van der Waals surface area contributed by atoms with Gasteiger partial charge in [0.05, 0.1) is 21.5 Å². The summed E-state index contributed by atoms with van der Waals surface area (Å²) < 4.78 is 22.0. The first-order valence-electron chi connectivity index (χ1n) is 9.60. The number of non-ortho nitro benzene ring substituents is 1. The summed E-state index contributed by atoms with van der Waals surface area (Å²) in [4.78, 5) is 33.2. The van der Waals surface area contributed by atoms with Crippen molar-refractivity contribution in [2.75, 3.05) is 0 Å². The minimum atomic E-state index is -1.11. The largest absolute Gasteiger partial charge is 0.514 e. The number of rotatable bonds is 5. The summed E-state index contributed by atoms with van der Waals surface area (Å²) in [6.07, 6.45) is 1.13. The number of fused-ring (bicyclic) bond motifs is 1. The summed E-state index contributed by atoms with van der Waals surface area (Å²) in [6, 6.07) is 7.56. The van der Waals surface area contributed by atoms with Gasteiger partial charge < -0.3 is 18.9 Å². The molecule has 162 valence electrons. The van der Waals surface area contributed by atoms with E-state index in [-0.39, 0.29) is 28.4 Å². The molecule has 1 unspecified atom stereocenters. The van der Waals surface area contributed by atoms with Crippen LogP contribution in [0.4, 0.5) is 16.2 Å². The van der Waals surface area contributed by atoms with Crippen LogP contribution in [-0.2, 0) is 4.74 Å². The molecule has 11 heteroatoms. The van der Waals surface area contributed by atoms with Gasteiger partial charge in [0.2, 0.25) is 0 Å². The number of nitro benzene ring substituents is 2. The SMILES string of the molecule is CC(OC(=O)Oc1ccc([N+](=O)[O-])cc1)c1cc2c(cc1[N+](=O)[O-])OC1(CCCC1)O2. The van der Waals surface area contributed by atoms with Crippen molar-refractivity contribution >= 4 is 17.5 Å². The molecule has 1 spiro atoms. The van der Waals surface area contributed by atoms with Crippen LogP contribution in [0.1, 0.15) is 44.3 Å². The molecule has 1 fully saturated rings. The monoisotopic (exact) mass is 430 g/mol. The van der Waals surface area contributed by atoms with Crippen LogP contribution >= 0.6 is 0 Å². The minimum Gasteiger partial charge on any atom is -0.448 e. The summed E-state index contributed by atoms with van der Waals surface area (Å²) in [6.45, 7) is 1.47. The summed E-state index contributed by atoms with van der Waals surface area (Å²) in [5.41, 5.74) is -0.304. The van der Waals surface area contributed by atoms with Crippen LogP contribution < -0.4 is 14.2 Å². The summed E-state index contributed by atoms with van der Waals surface area (Å²) >= 11 is 0. The fourth-order valence-electron chi connectivity index (χ4n) is 3.71. The number of carbonyl (C=O) groups excluding carboxylic acids is 1. The Morgan fingerprint density at radius 3 is 2.23 bits per heavy atom. The van der Waals surface area contributed by atoms with E-state index in [4.69, 9.17) is 18.9 Å². The lowest BCUT2D eigenvalue weighted by atomic mass is 10.1. The van der Waals surface area contributed by atoms with Gasteiger partial charge in [0.15, 0.2) is 11.5 Å². The molecule has 0 bridgehead atoms. The van der Waals surface area contributed by atoms with Crippen molar-refractivity contribution in [1.29, 1.82) is 0 Å². The van der Waals surface area contributed by atoms with Crippen molar-refractivity contribution in [3.05, 3.63) is 62.2 Å². The second-order valence-electron chi connectivity index (χ2n) is 7.30. The maximum atomic E-state index is 12.1. The molecule has 0 radical (unpaired) electrons. The highest BCUT2D eigenvalue weighted by atomic mass is 16.7. The molecule has 0 saturated heterocycles. The predicted molar refractivity (Wildman–Crippen MR) is 104 cm³/mol. The highest BCUT2D eigenvalue weighted by molar-refractivity contribution is 5.65. The van der Waals surface area contributed by atoms with Crippen LogP contribution in [0, 0.1) is 20.2 Å². The highest BCUT2D eigenvalue weighted by Gasteiger charge is 2.45. The molecule has 1 heterocycles. The third-order valence-electron chi connectivity index (χ3n) is 5.21. The van der Waals surface area contributed by atoms with E-state index < -0.39 is 27.9 Å². The molecule has 0 amide bonds. The molecule has 1 aliphatic heterocycles. The van der Waals surface area contributed by atoms with E-state index in [2.05, 4.69) is 0 Å². The zero-order chi connectivity index (χ0) is 22.2. The quantitative estimate of drug-likeness (QED) is 0.282. The van der Waals surface area contributed by atoms with Gasteiger partial charge in [-0.15, -0.1) is 0 Å². The number of benzene rings is 2. The molecule has 1 aliphatic carbocycles. The Balaban J connectivity index is 1.50. The smallest absolute Gasteiger partial charge is 0.448 e. The number of carbonyl (C=O) groups is 1. The van der Waals surface area contributed by atoms with Gasteiger partial charge in [0, 0.05) is 25.0 Å². The molecule has 0 aromatic heterocycles. The molecule has 0 N–H and O–H groups in total. The number of nitro groups is 2. The molecule has 11 nitrogen and oxygen atoms in total. The highest BCUT2D eigenvalue weighted by Crippen LogP contribution is 2.49. The van der Waals surface area contributed by atoms with Gasteiger partial charge in [0.1, 0.15) is 11.9 Å². The van der Waals surface area contributed by atoms with Gasteiger partial charge in [-0.1, -0.05) is 0 Å². The van der Waals surface area contributed by atoms with Crippen molar-refractivity contribution < 1.29 is 33.6 Å². The van der Waals surface area contributed by atoms with Crippen molar-refractivity contribution in [1.82, 2.24) is 0 Å². The molecule has 1 saturated carbocycles. The van der Waals surface area contributed by atoms with E-state index in [9.17, 15) is 25.0 Å². The maximum Gasteiger partial charge on any atom is 0.514 e. The van der Waals surface area contributed by atoms with Crippen molar-refractivity contribution in [3.63, 3.8) is 0 Å². The third kappa shape index (κ3) is 4.06. The van der Waals surface area contributed by atoms with E-state index >= 15 is 0 Å². The van der Waals surface area contributed by atoms with Crippen LogP contribution in [0.2, 0.25) is 0 Å². The second kappa shape index (κ2) is 7.74. The second-order valence-corrected chi connectivity index (χ2v) is 7.30. The molecule has 31 heavy (non-hydrogen) atoms. The number of hydrogen-bond donors (Lipinski definition) is 0. The standard InChI is InChI=1S/C20H18N2O9/c1-12(28-19(23)29-14-6-4-13(5-7-14)21(24)25)15-10-17-18(11-16(15)22(26)27)31-20(30-17)8-2-3-9-20/h4-7,10-12H,2-3,8-9H2,1H3. The Labute approximate surface area is 175 Å². The van der Waals surface area contributed by atoms with Gasteiger partial charge in [0.25, 0.3) is 17.2 Å². The molecule has 4 rings (SSSR count). The fourth-order valence-corrected chi connectivity index (χ4v) is 3.71. The maximum absolute atomic E-state index is 12.1. The zero-order valence-electron chi connectivity index (χ0n) is 16.4. The predicted octanol–water partition coefficient (Wildman–Crippen LogP) is 4.82. The van der Waals surface area contributed by atoms with Gasteiger partial charge in [-0.05, 0) is 38.0 Å². The topological polar surface area (TPSA) is 140 Å². The Hall–Kier alpha value is -3.89. The third-order valence-corrected chi connectivity index (χ3v) is 5.21. The van der Waals surface area contributed by atoms with E-state index in [0.717, 1.165) is 12.8 Å². The van der Waals surface area contributed by atoms with Crippen molar-refractivity contribution in [2.24, 2.45) is 0 Å². The molecular formula is C20H18N2O9. The van der Waals surface area contributed by atoms with E-state index in [1.807, 2.05) is 0 Å². The number of hydrogen-bond acceptors (Lipinski definition) is 9. The first kappa shape index (κ1) is 20.4. The van der Waals surface area contributed by atoms with Crippen molar-refractivity contribution in [2.45, 2.75) is 44.5 Å².